The van der Waals surface area contributed by atoms with Crippen LogP contribution in [0.4, 0.5) is 0 Å². The Morgan fingerprint density at radius 2 is 1.50 bits per heavy atom. The van der Waals surface area contributed by atoms with Crippen LogP contribution in [0.2, 0.25) is 0 Å². The second kappa shape index (κ2) is 7.91. The van der Waals surface area contributed by atoms with Gasteiger partial charge in [0.25, 0.3) is 0 Å². The van der Waals surface area contributed by atoms with E-state index in [2.05, 4.69) is 13.8 Å². The summed E-state index contributed by atoms with van der Waals surface area (Å²) in [5.41, 5.74) is 1.02. The molecule has 5 nitrogen and oxygen atoms in total. The summed E-state index contributed by atoms with van der Waals surface area (Å²) >= 11 is 0. The third-order valence-corrected chi connectivity index (χ3v) is 5.22. The van der Waals surface area contributed by atoms with Crippen molar-refractivity contribution >= 4 is 20.0 Å². The minimum Gasteiger partial charge on any atom is -0.748 e. The van der Waals surface area contributed by atoms with Gasteiger partial charge < -0.3 is 4.55 Å². The van der Waals surface area contributed by atoms with Gasteiger partial charge in [-0.05, 0) is 30.0 Å². The first kappa shape index (κ1) is 20.1. The van der Waals surface area contributed by atoms with Crippen LogP contribution in [0, 0.1) is 5.92 Å². The van der Waals surface area contributed by atoms with Crippen LogP contribution in [0.5, 0.6) is 0 Å². The van der Waals surface area contributed by atoms with Crippen LogP contribution in [0.15, 0.2) is 29.2 Å². The molecule has 1 rings (SSSR count). The first-order chi connectivity index (χ1) is 8.60. The predicted octanol–water partition coefficient (Wildman–Crippen LogP) is -1.79. The third kappa shape index (κ3) is 7.19. The van der Waals surface area contributed by atoms with E-state index in [4.69, 9.17) is 0 Å². The smallest absolute Gasteiger partial charge is 0.748 e. The number of sulfone groups is 1. The maximum Gasteiger partial charge on any atom is 1.00 e. The van der Waals surface area contributed by atoms with Crippen LogP contribution in [-0.4, -0.2) is 32.9 Å². The van der Waals surface area contributed by atoms with Gasteiger partial charge in [-0.3, -0.25) is 0 Å². The van der Waals surface area contributed by atoms with Crippen LogP contribution < -0.4 is 29.6 Å². The van der Waals surface area contributed by atoms with Crippen molar-refractivity contribution in [2.24, 2.45) is 5.92 Å². The van der Waals surface area contributed by atoms with Crippen molar-refractivity contribution < 1.29 is 50.9 Å². The Kier molecular flexibility index (Phi) is 7.94. The topological polar surface area (TPSA) is 91.3 Å². The van der Waals surface area contributed by atoms with Crippen molar-refractivity contribution in [1.82, 2.24) is 0 Å². The third-order valence-electron chi connectivity index (χ3n) is 2.53. The molecule has 8 heteroatoms. The van der Waals surface area contributed by atoms with E-state index in [-0.39, 0.29) is 34.5 Å². The van der Waals surface area contributed by atoms with Crippen LogP contribution in [-0.2, 0) is 26.4 Å². The molecule has 108 valence electrons. The van der Waals surface area contributed by atoms with E-state index < -0.39 is 31.5 Å². The monoisotopic (exact) mass is 328 g/mol. The van der Waals surface area contributed by atoms with Crippen molar-refractivity contribution in [2.45, 2.75) is 25.2 Å². The Morgan fingerprint density at radius 3 is 1.90 bits per heavy atom. The molecule has 0 unspecified atom stereocenters. The van der Waals surface area contributed by atoms with Gasteiger partial charge in [0.05, 0.1) is 26.5 Å². The quantitative estimate of drug-likeness (QED) is 0.454. The molecule has 0 saturated heterocycles. The average Bonchev–Trinajstić information content (AvgIpc) is 2.26. The molecule has 1 aromatic carbocycles. The Hall–Kier alpha value is 0.0800. The van der Waals surface area contributed by atoms with Crippen LogP contribution in [0.25, 0.3) is 0 Å². The van der Waals surface area contributed by atoms with Crippen molar-refractivity contribution in [2.75, 3.05) is 11.5 Å². The van der Waals surface area contributed by atoms with Gasteiger partial charge in [0, 0.05) is 0 Å². The second-order valence-electron chi connectivity index (χ2n) is 4.82. The molecule has 0 bridgehead atoms. The minimum atomic E-state index is -4.52. The first-order valence-corrected chi connectivity index (χ1v) is 9.08. The van der Waals surface area contributed by atoms with E-state index in [1.165, 1.54) is 12.1 Å². The van der Waals surface area contributed by atoms with Gasteiger partial charge in [0.15, 0.2) is 9.84 Å². The molecule has 0 fully saturated rings. The molecule has 0 amide bonds. The molecule has 20 heavy (non-hydrogen) atoms. The summed E-state index contributed by atoms with van der Waals surface area (Å²) in [6.45, 7) is 4.12. The van der Waals surface area contributed by atoms with Gasteiger partial charge in [0.2, 0.25) is 0 Å². The van der Waals surface area contributed by atoms with E-state index in [0.717, 1.165) is 12.0 Å². The first-order valence-electron chi connectivity index (χ1n) is 5.85. The van der Waals surface area contributed by atoms with E-state index in [9.17, 15) is 21.4 Å². The van der Waals surface area contributed by atoms with Crippen LogP contribution in [0.3, 0.4) is 0 Å². The zero-order valence-electron chi connectivity index (χ0n) is 11.9. The fourth-order valence-electron chi connectivity index (χ4n) is 1.63. The number of rotatable bonds is 6. The van der Waals surface area contributed by atoms with Crippen molar-refractivity contribution in [3.05, 3.63) is 29.8 Å². The average molecular weight is 328 g/mol. The Bertz CT molecular complexity index is 618. The maximum atomic E-state index is 11.8. The van der Waals surface area contributed by atoms with Gasteiger partial charge in [-0.15, -0.1) is 0 Å². The summed E-state index contributed by atoms with van der Waals surface area (Å²) in [6.07, 6.45) is 0.843. The second-order valence-corrected chi connectivity index (χ2v) is 8.46. The Morgan fingerprint density at radius 1 is 1.00 bits per heavy atom. The molecule has 0 N–H and O–H groups in total. The summed E-state index contributed by atoms with van der Waals surface area (Å²) in [6, 6.07) is 6.31. The molecule has 0 aromatic heterocycles. The summed E-state index contributed by atoms with van der Waals surface area (Å²) < 4.78 is 55.0. The van der Waals surface area contributed by atoms with Gasteiger partial charge in [-0.1, -0.05) is 26.0 Å². The maximum absolute atomic E-state index is 11.8. The zero-order chi connectivity index (χ0) is 14.7. The standard InChI is InChI=1S/C12H18O5S2.Na/c1-10(2)9-11-3-5-12(6-4-11)18(13,14)7-8-19(15,16)17;/h3-6,10H,7-9H2,1-2H3,(H,15,16,17);/q;+1/p-1. The molecule has 0 aliphatic carbocycles. The van der Waals surface area contributed by atoms with Crippen molar-refractivity contribution in [3.8, 4) is 0 Å². The Balaban J connectivity index is 0.00000361. The largest absolute Gasteiger partial charge is 1.00 e. The van der Waals surface area contributed by atoms with Crippen molar-refractivity contribution in [1.29, 1.82) is 0 Å². The fraction of sp³-hybridized carbons (Fsp3) is 0.500. The van der Waals surface area contributed by atoms with E-state index in [0.29, 0.717) is 5.92 Å². The van der Waals surface area contributed by atoms with Gasteiger partial charge in [-0.2, -0.15) is 0 Å². The molecular weight excluding hydrogens is 311 g/mol. The summed E-state index contributed by atoms with van der Waals surface area (Å²) in [4.78, 5) is 0.0451. The molecular formula is C12H17NaO5S2. The molecule has 0 aliphatic heterocycles. The molecule has 0 aliphatic rings. The molecule has 0 heterocycles. The van der Waals surface area contributed by atoms with Gasteiger partial charge >= 0.3 is 29.6 Å². The minimum absolute atomic E-state index is 0. The molecule has 0 radical (unpaired) electrons. The molecule has 0 spiro atoms. The molecule has 1 aromatic rings. The SMILES string of the molecule is CC(C)Cc1ccc(S(=O)(=O)CCS(=O)(=O)[O-])cc1.[Na+]. The summed E-state index contributed by atoms with van der Waals surface area (Å²) in [7, 11) is -8.24. The predicted molar refractivity (Wildman–Crippen MR) is 71.6 cm³/mol. The number of benzene rings is 1. The fourth-order valence-corrected chi connectivity index (χ4v) is 4.11. The number of hydrogen-bond donors (Lipinski definition) is 0. The Labute approximate surface area is 142 Å². The van der Waals surface area contributed by atoms with Gasteiger partial charge in [0.1, 0.15) is 0 Å². The molecule has 0 atom stereocenters. The zero-order valence-corrected chi connectivity index (χ0v) is 15.5. The van der Waals surface area contributed by atoms with Crippen LogP contribution in [0.1, 0.15) is 19.4 Å². The van der Waals surface area contributed by atoms with E-state index >= 15 is 0 Å². The van der Waals surface area contributed by atoms with Crippen LogP contribution >= 0.6 is 0 Å². The van der Waals surface area contributed by atoms with E-state index in [1.807, 2.05) is 0 Å². The molecule has 0 saturated carbocycles. The van der Waals surface area contributed by atoms with E-state index in [1.54, 1.807) is 12.1 Å². The van der Waals surface area contributed by atoms with Crippen molar-refractivity contribution in [3.63, 3.8) is 0 Å². The summed E-state index contributed by atoms with van der Waals surface area (Å²) in [5, 5.41) is 0. The number of hydrogen-bond acceptors (Lipinski definition) is 5. The van der Waals surface area contributed by atoms with Gasteiger partial charge in [-0.25, -0.2) is 16.8 Å². The summed E-state index contributed by atoms with van der Waals surface area (Å²) in [5.74, 6) is -1.11. The normalized spacial score (nSPS) is 12.2.